The number of carboxylic acids is 1. The van der Waals surface area contributed by atoms with E-state index >= 15 is 0 Å². The maximum absolute atomic E-state index is 13.5. The van der Waals surface area contributed by atoms with Gasteiger partial charge in [0.1, 0.15) is 29.1 Å². The molecule has 10 nitrogen and oxygen atoms in total. The van der Waals surface area contributed by atoms with Crippen molar-refractivity contribution < 1.29 is 33.8 Å². The van der Waals surface area contributed by atoms with E-state index in [-0.39, 0.29) is 31.5 Å². The Morgan fingerprint density at radius 3 is 2.36 bits per heavy atom. The van der Waals surface area contributed by atoms with Crippen LogP contribution in [0.5, 0.6) is 0 Å². The summed E-state index contributed by atoms with van der Waals surface area (Å²) in [6.07, 6.45) is 1.13. The molecule has 0 bridgehead atoms. The number of ether oxygens (including phenoxy) is 2. The number of hydrogen-bond donors (Lipinski definition) is 2. The summed E-state index contributed by atoms with van der Waals surface area (Å²) < 4.78 is 10.6. The molecule has 0 fully saturated rings. The predicted octanol–water partition coefficient (Wildman–Crippen LogP) is 2.83. The van der Waals surface area contributed by atoms with Crippen molar-refractivity contribution in [2.24, 2.45) is 0 Å². The van der Waals surface area contributed by atoms with Gasteiger partial charge >= 0.3 is 18.0 Å². The quantitative estimate of drug-likeness (QED) is 0.589. The maximum Gasteiger partial charge on any atom is 0.408 e. The van der Waals surface area contributed by atoms with Gasteiger partial charge in [-0.05, 0) is 66.0 Å². The fourth-order valence-corrected chi connectivity index (χ4v) is 3.43. The maximum atomic E-state index is 13.5. The number of carbonyl (C=O) groups excluding carboxylic acids is 3. The lowest BCUT2D eigenvalue weighted by Crippen LogP contribution is -2.53. The smallest absolute Gasteiger partial charge is 0.408 e. The molecule has 0 aliphatic carbocycles. The van der Waals surface area contributed by atoms with Crippen LogP contribution in [0, 0.1) is 0 Å². The van der Waals surface area contributed by atoms with Crippen LogP contribution in [0.3, 0.4) is 0 Å². The minimum absolute atomic E-state index is 0.0360. The van der Waals surface area contributed by atoms with Crippen LogP contribution in [0.25, 0.3) is 0 Å². The molecule has 2 atom stereocenters. The van der Waals surface area contributed by atoms with Crippen LogP contribution in [0.1, 0.15) is 66.4 Å². The fraction of sp³-hybridized carbons (Fsp3) is 0.609. The number of pyridine rings is 1. The summed E-state index contributed by atoms with van der Waals surface area (Å²) in [7, 11) is 0. The van der Waals surface area contributed by atoms with Crippen LogP contribution in [0.2, 0.25) is 0 Å². The van der Waals surface area contributed by atoms with E-state index in [1.165, 1.54) is 6.20 Å². The van der Waals surface area contributed by atoms with Gasteiger partial charge in [-0.2, -0.15) is 0 Å². The first-order valence-electron chi connectivity index (χ1n) is 10.9. The Kier molecular flexibility index (Phi) is 8.05. The number of anilines is 1. The van der Waals surface area contributed by atoms with Crippen LogP contribution >= 0.6 is 0 Å². The summed E-state index contributed by atoms with van der Waals surface area (Å²) in [5, 5.41) is 12.2. The first-order chi connectivity index (χ1) is 15.2. The summed E-state index contributed by atoms with van der Waals surface area (Å²) in [5.41, 5.74) is -0.802. The largest absolute Gasteiger partial charge is 0.480 e. The Balaban J connectivity index is 2.22. The highest BCUT2D eigenvalue weighted by molar-refractivity contribution is 6.04. The first kappa shape index (κ1) is 26.1. The molecule has 0 saturated carbocycles. The van der Waals surface area contributed by atoms with Crippen molar-refractivity contribution in [2.45, 2.75) is 90.5 Å². The van der Waals surface area contributed by atoms with Crippen molar-refractivity contribution in [2.75, 3.05) is 4.90 Å². The number of carboxylic acid groups (broad SMARTS) is 1. The number of alkyl carbamates (subject to hydrolysis) is 1. The number of rotatable bonds is 7. The number of carbonyl (C=O) groups is 4. The van der Waals surface area contributed by atoms with Gasteiger partial charge in [0.2, 0.25) is 0 Å². The number of aromatic nitrogens is 1. The molecule has 0 spiro atoms. The number of fused-ring (bicyclic) bond motifs is 1. The number of esters is 1. The molecular formula is C23H33N3O7. The number of nitrogens with one attached hydrogen (secondary N) is 1. The van der Waals surface area contributed by atoms with E-state index in [4.69, 9.17) is 9.47 Å². The minimum atomic E-state index is -1.17. The van der Waals surface area contributed by atoms with Gasteiger partial charge in [0.05, 0.1) is 0 Å². The van der Waals surface area contributed by atoms with E-state index < -0.39 is 47.2 Å². The standard InChI is InChI=1S/C23H33N3O7/c1-22(2,3)32-17(27)11-7-10-15(25-21(31)33-23(4,5)6)19(28)26-16(20(29)30)13-14-9-8-12-24-18(14)26/h8-9,12,15-16H,7,10-11,13H2,1-6H3,(H,25,31)(H,29,30)/t15-,16-/m0/s1. The first-order valence-corrected chi connectivity index (χ1v) is 10.9. The Bertz CT molecular complexity index is 902. The molecule has 1 aliphatic rings. The second-order valence-electron chi connectivity index (χ2n) is 9.93. The van der Waals surface area contributed by atoms with Crippen LogP contribution < -0.4 is 10.2 Å². The van der Waals surface area contributed by atoms with E-state index in [0.29, 0.717) is 5.56 Å². The monoisotopic (exact) mass is 463 g/mol. The molecule has 33 heavy (non-hydrogen) atoms. The molecule has 2 amide bonds. The number of aliphatic carboxylic acids is 1. The lowest BCUT2D eigenvalue weighted by molar-refractivity contribution is -0.155. The van der Waals surface area contributed by atoms with E-state index in [1.807, 2.05) is 0 Å². The zero-order valence-electron chi connectivity index (χ0n) is 20.0. The molecule has 182 valence electrons. The number of hydrogen-bond acceptors (Lipinski definition) is 7. The molecule has 10 heteroatoms. The summed E-state index contributed by atoms with van der Waals surface area (Å²) in [5.74, 6) is -1.98. The SMILES string of the molecule is CC(C)(C)OC(=O)CCC[C@H](NC(=O)OC(C)(C)C)C(=O)N1c2ncccc2C[C@H]1C(=O)O. The summed E-state index contributed by atoms with van der Waals surface area (Å²) >= 11 is 0. The molecular weight excluding hydrogens is 430 g/mol. The van der Waals surface area contributed by atoms with E-state index in [9.17, 15) is 24.3 Å². The molecule has 1 aromatic heterocycles. The van der Waals surface area contributed by atoms with Crippen LogP contribution in [-0.4, -0.2) is 57.3 Å². The summed E-state index contributed by atoms with van der Waals surface area (Å²) in [6, 6.07) is 1.13. The average Bonchev–Trinajstić information content (AvgIpc) is 3.03. The average molecular weight is 464 g/mol. The topological polar surface area (TPSA) is 135 Å². The number of amides is 2. The lowest BCUT2D eigenvalue weighted by Gasteiger charge is -2.28. The van der Waals surface area contributed by atoms with Gasteiger partial charge < -0.3 is 19.9 Å². The van der Waals surface area contributed by atoms with Gasteiger partial charge in [-0.1, -0.05) is 6.07 Å². The molecule has 2 heterocycles. The van der Waals surface area contributed by atoms with Gasteiger partial charge in [0.25, 0.3) is 5.91 Å². The van der Waals surface area contributed by atoms with Crippen LogP contribution in [0.4, 0.5) is 10.6 Å². The van der Waals surface area contributed by atoms with Gasteiger partial charge in [-0.3, -0.25) is 14.5 Å². The second-order valence-corrected chi connectivity index (χ2v) is 9.93. The van der Waals surface area contributed by atoms with E-state index in [1.54, 1.807) is 53.7 Å². The van der Waals surface area contributed by atoms with Gasteiger partial charge in [-0.15, -0.1) is 0 Å². The third-order valence-electron chi connectivity index (χ3n) is 4.63. The normalized spacial score (nSPS) is 16.5. The van der Waals surface area contributed by atoms with Crippen LogP contribution in [-0.2, 0) is 30.3 Å². The molecule has 0 saturated heterocycles. The molecule has 2 rings (SSSR count). The molecule has 2 N–H and O–H groups in total. The van der Waals surface area contributed by atoms with Crippen LogP contribution in [0.15, 0.2) is 18.3 Å². The van der Waals surface area contributed by atoms with Gasteiger partial charge in [-0.25, -0.2) is 14.6 Å². The summed E-state index contributed by atoms with van der Waals surface area (Å²) in [6.45, 7) is 10.3. The molecule has 1 aliphatic heterocycles. The fourth-order valence-electron chi connectivity index (χ4n) is 3.43. The van der Waals surface area contributed by atoms with Crippen molar-refractivity contribution in [3.8, 4) is 0 Å². The zero-order chi connectivity index (χ0) is 25.0. The molecule has 0 radical (unpaired) electrons. The highest BCUT2D eigenvalue weighted by atomic mass is 16.6. The lowest BCUT2D eigenvalue weighted by atomic mass is 10.1. The third-order valence-corrected chi connectivity index (χ3v) is 4.63. The predicted molar refractivity (Wildman–Crippen MR) is 120 cm³/mol. The van der Waals surface area contributed by atoms with Crippen molar-refractivity contribution in [1.82, 2.24) is 10.3 Å². The number of nitrogens with zero attached hydrogens (tertiary/aromatic N) is 2. The Morgan fingerprint density at radius 1 is 1.15 bits per heavy atom. The minimum Gasteiger partial charge on any atom is -0.480 e. The van der Waals surface area contributed by atoms with Crippen molar-refractivity contribution in [3.63, 3.8) is 0 Å². The van der Waals surface area contributed by atoms with Gasteiger partial charge in [0, 0.05) is 19.0 Å². The Hall–Kier alpha value is -3.17. The van der Waals surface area contributed by atoms with Crippen molar-refractivity contribution in [1.29, 1.82) is 0 Å². The van der Waals surface area contributed by atoms with Crippen molar-refractivity contribution in [3.05, 3.63) is 23.9 Å². The zero-order valence-corrected chi connectivity index (χ0v) is 20.0. The van der Waals surface area contributed by atoms with Gasteiger partial charge in [0.15, 0.2) is 0 Å². The molecule has 1 aromatic rings. The summed E-state index contributed by atoms with van der Waals surface area (Å²) in [4.78, 5) is 55.1. The highest BCUT2D eigenvalue weighted by Crippen LogP contribution is 2.31. The van der Waals surface area contributed by atoms with E-state index in [0.717, 1.165) is 4.90 Å². The Morgan fingerprint density at radius 2 is 1.79 bits per heavy atom. The Labute approximate surface area is 193 Å². The van der Waals surface area contributed by atoms with E-state index in [2.05, 4.69) is 10.3 Å². The third kappa shape index (κ3) is 7.73. The second kappa shape index (κ2) is 10.2. The molecule has 0 unspecified atom stereocenters. The van der Waals surface area contributed by atoms with Crippen molar-refractivity contribution >= 4 is 29.8 Å². The highest BCUT2D eigenvalue weighted by Gasteiger charge is 2.42. The molecule has 0 aromatic carbocycles.